The molecule has 2 fully saturated rings. The van der Waals surface area contributed by atoms with Crippen molar-refractivity contribution in [2.75, 3.05) is 12.8 Å². The molecule has 4 rings (SSSR count). The molecule has 1 aromatic carbocycles. The zero-order valence-electron chi connectivity index (χ0n) is 12.2. The zero-order valence-corrected chi connectivity index (χ0v) is 13.0. The summed E-state index contributed by atoms with van der Waals surface area (Å²) < 4.78 is 0. The number of fused-ring (bicyclic) bond motifs is 3. The summed E-state index contributed by atoms with van der Waals surface area (Å²) in [5.41, 5.74) is 1.53. The lowest BCUT2D eigenvalue weighted by atomic mass is 9.82. The molecule has 3 unspecified atom stereocenters. The molecule has 108 valence electrons. The predicted molar refractivity (Wildman–Crippen MR) is 85.3 cm³/mol. The lowest BCUT2D eigenvalue weighted by molar-refractivity contribution is 0.0464. The molecule has 0 aliphatic carbocycles. The standard InChI is InChI=1S/C17H24N2S/c1-19-13-5-4-6-14(19)10-12(9-13)18-16-11-20-17-8-3-2-7-15(16)17/h2-3,7-8,12-14,16,18H,4-6,9-11H2,1H3. The first-order valence-corrected chi connectivity index (χ1v) is 8.99. The molecule has 3 heterocycles. The van der Waals surface area contributed by atoms with Gasteiger partial charge < -0.3 is 10.2 Å². The van der Waals surface area contributed by atoms with Gasteiger partial charge in [0, 0.05) is 34.8 Å². The van der Waals surface area contributed by atoms with Crippen molar-refractivity contribution in [2.24, 2.45) is 0 Å². The molecule has 0 aromatic heterocycles. The van der Waals surface area contributed by atoms with Crippen molar-refractivity contribution < 1.29 is 0 Å². The van der Waals surface area contributed by atoms with Gasteiger partial charge in [-0.3, -0.25) is 0 Å². The summed E-state index contributed by atoms with van der Waals surface area (Å²) in [4.78, 5) is 4.14. The summed E-state index contributed by atoms with van der Waals surface area (Å²) in [5, 5.41) is 3.98. The van der Waals surface area contributed by atoms with Crippen LogP contribution in [0.25, 0.3) is 0 Å². The summed E-state index contributed by atoms with van der Waals surface area (Å²) in [6.07, 6.45) is 6.93. The Morgan fingerprint density at radius 2 is 1.90 bits per heavy atom. The first kappa shape index (κ1) is 13.2. The van der Waals surface area contributed by atoms with E-state index >= 15 is 0 Å². The van der Waals surface area contributed by atoms with Crippen LogP contribution in [0.15, 0.2) is 29.2 Å². The molecule has 0 saturated carbocycles. The minimum atomic E-state index is 0.574. The van der Waals surface area contributed by atoms with E-state index in [0.29, 0.717) is 6.04 Å². The molecule has 0 amide bonds. The average Bonchev–Trinajstić information content (AvgIpc) is 2.83. The van der Waals surface area contributed by atoms with Crippen LogP contribution in [0.1, 0.15) is 43.7 Å². The highest BCUT2D eigenvalue weighted by atomic mass is 32.2. The van der Waals surface area contributed by atoms with Crippen molar-refractivity contribution in [3.8, 4) is 0 Å². The van der Waals surface area contributed by atoms with E-state index in [-0.39, 0.29) is 0 Å². The van der Waals surface area contributed by atoms with Gasteiger partial charge in [-0.1, -0.05) is 24.6 Å². The number of nitrogens with one attached hydrogen (secondary N) is 1. The monoisotopic (exact) mass is 288 g/mol. The molecule has 3 heteroatoms. The minimum absolute atomic E-state index is 0.574. The second kappa shape index (κ2) is 5.36. The molecule has 20 heavy (non-hydrogen) atoms. The number of piperidine rings is 2. The van der Waals surface area contributed by atoms with Gasteiger partial charge in [-0.25, -0.2) is 0 Å². The fourth-order valence-electron chi connectivity index (χ4n) is 4.34. The van der Waals surface area contributed by atoms with Crippen LogP contribution >= 0.6 is 11.8 Å². The Labute approximate surface area is 126 Å². The lowest BCUT2D eigenvalue weighted by Crippen LogP contribution is -2.54. The number of thioether (sulfide) groups is 1. The highest BCUT2D eigenvalue weighted by Crippen LogP contribution is 2.39. The average molecular weight is 288 g/mol. The maximum Gasteiger partial charge on any atom is 0.0428 e. The number of nitrogens with zero attached hydrogens (tertiary/aromatic N) is 1. The van der Waals surface area contributed by atoms with Crippen molar-refractivity contribution in [3.05, 3.63) is 29.8 Å². The van der Waals surface area contributed by atoms with Gasteiger partial charge in [-0.15, -0.1) is 11.8 Å². The topological polar surface area (TPSA) is 15.3 Å². The second-order valence-corrected chi connectivity index (χ2v) is 7.70. The van der Waals surface area contributed by atoms with Crippen LogP contribution in [0.3, 0.4) is 0 Å². The Morgan fingerprint density at radius 3 is 2.70 bits per heavy atom. The number of rotatable bonds is 2. The normalized spacial score (nSPS) is 36.9. The molecular weight excluding hydrogens is 264 g/mol. The molecule has 0 radical (unpaired) electrons. The van der Waals surface area contributed by atoms with Crippen LogP contribution in [-0.2, 0) is 0 Å². The Balaban J connectivity index is 1.46. The van der Waals surface area contributed by atoms with Crippen LogP contribution in [0.4, 0.5) is 0 Å². The minimum Gasteiger partial charge on any atom is -0.306 e. The second-order valence-electron chi connectivity index (χ2n) is 6.64. The summed E-state index contributed by atoms with van der Waals surface area (Å²) in [5.74, 6) is 1.21. The highest BCUT2D eigenvalue weighted by Gasteiger charge is 2.37. The largest absolute Gasteiger partial charge is 0.306 e. The van der Waals surface area contributed by atoms with E-state index < -0.39 is 0 Å². The summed E-state index contributed by atoms with van der Waals surface area (Å²) in [6, 6.07) is 11.9. The molecule has 1 N–H and O–H groups in total. The third-order valence-corrected chi connectivity index (χ3v) is 6.66. The highest BCUT2D eigenvalue weighted by molar-refractivity contribution is 7.99. The van der Waals surface area contributed by atoms with Gasteiger partial charge in [0.15, 0.2) is 0 Å². The predicted octanol–water partition coefficient (Wildman–Crippen LogP) is 3.44. The van der Waals surface area contributed by atoms with Gasteiger partial charge in [0.2, 0.25) is 0 Å². The van der Waals surface area contributed by atoms with Gasteiger partial charge in [0.1, 0.15) is 0 Å². The molecular formula is C17H24N2S. The number of hydrogen-bond donors (Lipinski definition) is 1. The molecule has 2 nitrogen and oxygen atoms in total. The summed E-state index contributed by atoms with van der Waals surface area (Å²) >= 11 is 2.01. The summed E-state index contributed by atoms with van der Waals surface area (Å²) in [6.45, 7) is 0. The third kappa shape index (κ3) is 2.30. The maximum absolute atomic E-state index is 3.98. The molecule has 3 atom stereocenters. The SMILES string of the molecule is CN1C2CCCC1CC(NC1CSc3ccccc31)C2. The molecule has 2 saturated heterocycles. The number of hydrogen-bond acceptors (Lipinski definition) is 3. The molecule has 3 aliphatic heterocycles. The molecule has 1 aromatic rings. The fraction of sp³-hybridized carbons (Fsp3) is 0.647. The van der Waals surface area contributed by atoms with E-state index in [1.807, 2.05) is 11.8 Å². The van der Waals surface area contributed by atoms with Crippen molar-refractivity contribution in [1.29, 1.82) is 0 Å². The third-order valence-electron chi connectivity index (χ3n) is 5.48. The van der Waals surface area contributed by atoms with Gasteiger partial charge in [0.05, 0.1) is 0 Å². The van der Waals surface area contributed by atoms with Crippen molar-refractivity contribution in [3.63, 3.8) is 0 Å². The zero-order chi connectivity index (χ0) is 13.5. The Hall–Kier alpha value is -0.510. The van der Waals surface area contributed by atoms with E-state index in [4.69, 9.17) is 0 Å². The quantitative estimate of drug-likeness (QED) is 0.897. The van der Waals surface area contributed by atoms with Crippen LogP contribution in [-0.4, -0.2) is 35.8 Å². The van der Waals surface area contributed by atoms with E-state index in [0.717, 1.165) is 18.1 Å². The molecule has 3 aliphatic rings. The van der Waals surface area contributed by atoms with Crippen molar-refractivity contribution in [1.82, 2.24) is 10.2 Å². The van der Waals surface area contributed by atoms with Crippen LogP contribution in [0.2, 0.25) is 0 Å². The Bertz CT molecular complexity index is 476. The van der Waals surface area contributed by atoms with Crippen molar-refractivity contribution >= 4 is 11.8 Å². The lowest BCUT2D eigenvalue weighted by Gasteiger charge is -2.47. The Kier molecular flexibility index (Phi) is 3.53. The van der Waals surface area contributed by atoms with Crippen LogP contribution in [0, 0.1) is 0 Å². The first-order valence-electron chi connectivity index (χ1n) is 8.01. The molecule has 0 spiro atoms. The summed E-state index contributed by atoms with van der Waals surface area (Å²) in [7, 11) is 2.34. The van der Waals surface area contributed by atoms with E-state index in [9.17, 15) is 0 Å². The van der Waals surface area contributed by atoms with E-state index in [1.165, 1.54) is 48.3 Å². The van der Waals surface area contributed by atoms with E-state index in [1.54, 1.807) is 0 Å². The van der Waals surface area contributed by atoms with Crippen LogP contribution < -0.4 is 5.32 Å². The van der Waals surface area contributed by atoms with Crippen LogP contribution in [0.5, 0.6) is 0 Å². The Morgan fingerprint density at radius 1 is 1.15 bits per heavy atom. The van der Waals surface area contributed by atoms with Gasteiger partial charge in [-0.2, -0.15) is 0 Å². The van der Waals surface area contributed by atoms with Crippen molar-refractivity contribution in [2.45, 2.75) is 61.2 Å². The smallest absolute Gasteiger partial charge is 0.0428 e. The van der Waals surface area contributed by atoms with Gasteiger partial charge in [0.25, 0.3) is 0 Å². The first-order chi connectivity index (χ1) is 9.81. The van der Waals surface area contributed by atoms with E-state index in [2.05, 4.69) is 41.5 Å². The van der Waals surface area contributed by atoms with Gasteiger partial charge in [-0.05, 0) is 44.4 Å². The maximum atomic E-state index is 3.98. The fourth-order valence-corrected chi connectivity index (χ4v) is 5.51. The molecule has 2 bridgehead atoms. The number of benzene rings is 1. The van der Waals surface area contributed by atoms with Gasteiger partial charge >= 0.3 is 0 Å².